The van der Waals surface area contributed by atoms with E-state index in [2.05, 4.69) is 31.5 Å². The molecule has 19 heavy (non-hydrogen) atoms. The second kappa shape index (κ2) is 4.70. The summed E-state index contributed by atoms with van der Waals surface area (Å²) in [6, 6.07) is 14.0. The number of aromatic nitrogens is 2. The van der Waals surface area contributed by atoms with Crippen LogP contribution in [0, 0.1) is 6.92 Å². The Morgan fingerprint density at radius 2 is 1.95 bits per heavy atom. The van der Waals surface area contributed by atoms with Crippen molar-refractivity contribution in [2.24, 2.45) is 0 Å². The molecule has 2 N–H and O–H groups in total. The van der Waals surface area contributed by atoms with Gasteiger partial charge in [-0.1, -0.05) is 34.1 Å². The number of para-hydroxylation sites is 2. The lowest BCUT2D eigenvalue weighted by Crippen LogP contribution is -2.05. The molecule has 0 aliphatic carbocycles. The quantitative estimate of drug-likeness (QED) is 0.732. The van der Waals surface area contributed by atoms with Gasteiger partial charge in [0.25, 0.3) is 0 Å². The van der Waals surface area contributed by atoms with E-state index in [1.165, 1.54) is 0 Å². The molecule has 1 heterocycles. The molecule has 3 aromatic rings. The Balaban J connectivity index is 2.13. The number of aryl methyl sites for hydroxylation is 1. The molecule has 0 unspecified atom stereocenters. The van der Waals surface area contributed by atoms with Gasteiger partial charge in [-0.15, -0.1) is 0 Å². The minimum absolute atomic E-state index is 0.722. The van der Waals surface area contributed by atoms with E-state index in [-0.39, 0.29) is 0 Å². The average Bonchev–Trinajstić information content (AvgIpc) is 2.70. The van der Waals surface area contributed by atoms with Crippen molar-refractivity contribution in [3.05, 3.63) is 58.3 Å². The van der Waals surface area contributed by atoms with Gasteiger partial charge in [0.15, 0.2) is 0 Å². The molecule has 2 aromatic carbocycles. The molecule has 0 fully saturated rings. The summed E-state index contributed by atoms with van der Waals surface area (Å²) in [5.41, 5.74) is 10.1. The first kappa shape index (κ1) is 12.2. The number of nitrogens with zero attached hydrogens (tertiary/aromatic N) is 2. The van der Waals surface area contributed by atoms with Crippen molar-refractivity contribution in [1.82, 2.24) is 9.55 Å². The van der Waals surface area contributed by atoms with E-state index in [4.69, 9.17) is 5.73 Å². The smallest absolute Gasteiger partial charge is 0.107 e. The van der Waals surface area contributed by atoms with Crippen LogP contribution in [0.25, 0.3) is 11.0 Å². The molecule has 0 aliphatic heterocycles. The normalized spacial score (nSPS) is 11.1. The Morgan fingerprint density at radius 1 is 1.16 bits per heavy atom. The summed E-state index contributed by atoms with van der Waals surface area (Å²) in [7, 11) is 0. The van der Waals surface area contributed by atoms with Gasteiger partial charge in [-0.3, -0.25) is 0 Å². The highest BCUT2D eigenvalue weighted by Crippen LogP contribution is 2.26. The average molecular weight is 316 g/mol. The maximum Gasteiger partial charge on any atom is 0.107 e. The molecular formula is C15H14BrN3. The van der Waals surface area contributed by atoms with Crippen molar-refractivity contribution in [3.63, 3.8) is 0 Å². The van der Waals surface area contributed by atoms with Crippen LogP contribution < -0.4 is 5.73 Å². The van der Waals surface area contributed by atoms with E-state index in [1.54, 1.807) is 0 Å². The molecule has 0 atom stereocenters. The first-order chi connectivity index (χ1) is 9.16. The van der Waals surface area contributed by atoms with Crippen LogP contribution in [0.1, 0.15) is 11.4 Å². The third-order valence-corrected chi connectivity index (χ3v) is 4.06. The second-order valence-electron chi connectivity index (χ2n) is 4.54. The van der Waals surface area contributed by atoms with E-state index in [1.807, 2.05) is 43.3 Å². The van der Waals surface area contributed by atoms with Crippen LogP contribution in [-0.4, -0.2) is 9.55 Å². The van der Waals surface area contributed by atoms with Gasteiger partial charge in [-0.2, -0.15) is 0 Å². The maximum atomic E-state index is 6.07. The molecule has 1 aromatic heterocycles. The predicted octanol–water partition coefficient (Wildman–Crippen LogP) is 3.74. The molecule has 3 rings (SSSR count). The molecule has 0 saturated heterocycles. The van der Waals surface area contributed by atoms with Crippen molar-refractivity contribution in [2.75, 3.05) is 5.73 Å². The lowest BCUT2D eigenvalue weighted by molar-refractivity contribution is 0.785. The lowest BCUT2D eigenvalue weighted by Gasteiger charge is -2.11. The molecule has 4 heteroatoms. The van der Waals surface area contributed by atoms with E-state index in [0.29, 0.717) is 0 Å². The van der Waals surface area contributed by atoms with Gasteiger partial charge in [0, 0.05) is 15.7 Å². The summed E-state index contributed by atoms with van der Waals surface area (Å²) >= 11 is 3.57. The van der Waals surface area contributed by atoms with E-state index in [9.17, 15) is 0 Å². The maximum absolute atomic E-state index is 6.07. The zero-order valence-corrected chi connectivity index (χ0v) is 12.2. The summed E-state index contributed by atoms with van der Waals surface area (Å²) in [6.07, 6.45) is 0. The fourth-order valence-electron chi connectivity index (χ4n) is 2.30. The van der Waals surface area contributed by atoms with Crippen molar-refractivity contribution in [3.8, 4) is 0 Å². The fraction of sp³-hybridized carbons (Fsp3) is 0.133. The molecule has 0 amide bonds. The largest absolute Gasteiger partial charge is 0.398 e. The number of fused-ring (bicyclic) bond motifs is 1. The van der Waals surface area contributed by atoms with Gasteiger partial charge in [0.1, 0.15) is 5.82 Å². The Bertz CT molecular complexity index is 726. The van der Waals surface area contributed by atoms with Crippen LogP contribution in [0.5, 0.6) is 0 Å². The summed E-state index contributed by atoms with van der Waals surface area (Å²) < 4.78 is 3.22. The van der Waals surface area contributed by atoms with Crippen LogP contribution in [0.15, 0.2) is 46.9 Å². The topological polar surface area (TPSA) is 43.8 Å². The number of nitrogen functional groups attached to an aromatic ring is 1. The number of benzene rings is 2. The molecule has 0 radical (unpaired) electrons. The highest BCUT2D eigenvalue weighted by Gasteiger charge is 2.10. The van der Waals surface area contributed by atoms with Gasteiger partial charge >= 0.3 is 0 Å². The Hall–Kier alpha value is -1.81. The van der Waals surface area contributed by atoms with E-state index in [0.717, 1.165) is 39.1 Å². The number of hydrogen-bond acceptors (Lipinski definition) is 2. The summed E-state index contributed by atoms with van der Waals surface area (Å²) in [5.74, 6) is 0.997. The first-order valence-corrected chi connectivity index (χ1v) is 6.91. The molecule has 0 spiro atoms. The van der Waals surface area contributed by atoms with Crippen LogP contribution in [0.3, 0.4) is 0 Å². The highest BCUT2D eigenvalue weighted by molar-refractivity contribution is 9.10. The van der Waals surface area contributed by atoms with Gasteiger partial charge < -0.3 is 10.3 Å². The molecule has 0 bridgehead atoms. The van der Waals surface area contributed by atoms with Crippen molar-refractivity contribution >= 4 is 32.7 Å². The zero-order chi connectivity index (χ0) is 13.4. The second-order valence-corrected chi connectivity index (χ2v) is 5.40. The monoisotopic (exact) mass is 315 g/mol. The van der Waals surface area contributed by atoms with Crippen LogP contribution in [0.4, 0.5) is 5.69 Å². The summed E-state index contributed by atoms with van der Waals surface area (Å²) in [6.45, 7) is 2.74. The standard InChI is InChI=1S/C15H14BrN3/c1-10-18-14-7-2-3-8-15(14)19(10)9-11-12(16)5-4-6-13(11)17/h2-8H,9,17H2,1H3. The van der Waals surface area contributed by atoms with Gasteiger partial charge in [0.05, 0.1) is 17.6 Å². The summed E-state index contributed by atoms with van der Waals surface area (Å²) in [4.78, 5) is 4.58. The molecule has 3 nitrogen and oxygen atoms in total. The Morgan fingerprint density at radius 3 is 2.74 bits per heavy atom. The number of anilines is 1. The van der Waals surface area contributed by atoms with Crippen LogP contribution in [0.2, 0.25) is 0 Å². The molecule has 0 saturated carbocycles. The van der Waals surface area contributed by atoms with Gasteiger partial charge in [-0.05, 0) is 31.2 Å². The summed E-state index contributed by atoms with van der Waals surface area (Å²) in [5, 5.41) is 0. The molecule has 96 valence electrons. The lowest BCUT2D eigenvalue weighted by atomic mass is 10.2. The van der Waals surface area contributed by atoms with Gasteiger partial charge in [0.2, 0.25) is 0 Å². The van der Waals surface area contributed by atoms with Crippen molar-refractivity contribution in [1.29, 1.82) is 0 Å². The van der Waals surface area contributed by atoms with Crippen molar-refractivity contribution in [2.45, 2.75) is 13.5 Å². The van der Waals surface area contributed by atoms with Gasteiger partial charge in [-0.25, -0.2) is 4.98 Å². The van der Waals surface area contributed by atoms with Crippen LogP contribution in [-0.2, 0) is 6.54 Å². The molecular weight excluding hydrogens is 302 g/mol. The number of halogens is 1. The van der Waals surface area contributed by atoms with E-state index < -0.39 is 0 Å². The predicted molar refractivity (Wildman–Crippen MR) is 82.1 cm³/mol. The van der Waals surface area contributed by atoms with E-state index >= 15 is 0 Å². The minimum atomic E-state index is 0.722. The molecule has 0 aliphatic rings. The number of nitrogens with two attached hydrogens (primary N) is 1. The Kier molecular flexibility index (Phi) is 3.03. The first-order valence-electron chi connectivity index (χ1n) is 6.11. The third-order valence-electron chi connectivity index (χ3n) is 3.32. The minimum Gasteiger partial charge on any atom is -0.398 e. The van der Waals surface area contributed by atoms with Crippen LogP contribution >= 0.6 is 15.9 Å². The number of hydrogen-bond donors (Lipinski definition) is 1. The third kappa shape index (κ3) is 2.12. The highest BCUT2D eigenvalue weighted by atomic mass is 79.9. The number of imidazole rings is 1. The number of rotatable bonds is 2. The fourth-order valence-corrected chi connectivity index (χ4v) is 2.80. The zero-order valence-electron chi connectivity index (χ0n) is 10.6. The van der Waals surface area contributed by atoms with Crippen molar-refractivity contribution < 1.29 is 0 Å². The Labute approximate surface area is 120 Å². The SMILES string of the molecule is Cc1nc2ccccc2n1Cc1c(N)cccc1Br.